The molecular formula is C71H114O6. The Labute approximate surface area is 474 Å². The quantitative estimate of drug-likeness (QED) is 0.0261. The molecule has 6 heteroatoms. The molecule has 434 valence electrons. The fourth-order valence-corrected chi connectivity index (χ4v) is 8.29. The molecule has 0 aliphatic heterocycles. The lowest BCUT2D eigenvalue weighted by Gasteiger charge is -2.18. The summed E-state index contributed by atoms with van der Waals surface area (Å²) < 4.78 is 16.7. The van der Waals surface area contributed by atoms with E-state index in [0.29, 0.717) is 19.3 Å². The van der Waals surface area contributed by atoms with Gasteiger partial charge in [-0.15, -0.1) is 0 Å². The molecule has 0 rings (SSSR count). The third-order valence-electron chi connectivity index (χ3n) is 12.9. The summed E-state index contributed by atoms with van der Waals surface area (Å²) in [6, 6.07) is 0. The summed E-state index contributed by atoms with van der Waals surface area (Å²) in [5, 5.41) is 0. The maximum absolute atomic E-state index is 12.8. The average molecular weight is 1060 g/mol. The molecule has 0 aliphatic carbocycles. The number of esters is 3. The van der Waals surface area contributed by atoms with Crippen LogP contribution >= 0.6 is 0 Å². The van der Waals surface area contributed by atoms with E-state index in [9.17, 15) is 14.4 Å². The predicted octanol–water partition coefficient (Wildman–Crippen LogP) is 21.5. The second-order valence-corrected chi connectivity index (χ2v) is 20.2. The van der Waals surface area contributed by atoms with E-state index in [1.807, 2.05) is 6.08 Å². The highest BCUT2D eigenvalue weighted by atomic mass is 16.6. The van der Waals surface area contributed by atoms with Crippen LogP contribution in [0.25, 0.3) is 0 Å². The van der Waals surface area contributed by atoms with Crippen LogP contribution in [-0.4, -0.2) is 37.2 Å². The number of ether oxygens (including phenoxy) is 3. The van der Waals surface area contributed by atoms with Crippen molar-refractivity contribution >= 4 is 17.9 Å². The molecule has 0 spiro atoms. The van der Waals surface area contributed by atoms with Gasteiger partial charge in [0.15, 0.2) is 6.10 Å². The van der Waals surface area contributed by atoms with E-state index in [-0.39, 0.29) is 31.6 Å². The van der Waals surface area contributed by atoms with Gasteiger partial charge in [0.25, 0.3) is 0 Å². The first-order chi connectivity index (χ1) is 38.0. The second-order valence-electron chi connectivity index (χ2n) is 20.2. The third-order valence-corrected chi connectivity index (χ3v) is 12.9. The molecule has 6 nitrogen and oxygen atoms in total. The minimum atomic E-state index is -0.849. The van der Waals surface area contributed by atoms with Crippen molar-refractivity contribution in [1.82, 2.24) is 0 Å². The van der Waals surface area contributed by atoms with Crippen molar-refractivity contribution in [3.05, 3.63) is 146 Å². The standard InChI is InChI=1S/C71H114O6/c1-4-7-10-13-16-19-22-25-27-28-29-30-31-32-33-34-35-36-37-38-39-40-41-42-44-46-49-52-55-58-61-64-70(73)76-67-68(66-75-69(72)63-60-57-54-51-48-45-24-21-18-15-12-9-6-3)77-71(74)65-62-59-56-53-50-47-43-26-23-20-17-14-11-8-5-2/h7-12,16-21,25-27,29-30,43,45,48,50,53,59,62,68H,4-6,13-15,22-24,28,31-42,44,46-47,49,51-52,54-58,60-61,63-67H2,1-3H3/b10-7-,11-8-,12-9-,19-16-,20-17-,21-18-,27-25-,30-29-,43-26-,48-45-,53-50-,62-59-. The van der Waals surface area contributed by atoms with Crippen LogP contribution in [0.2, 0.25) is 0 Å². The molecule has 0 amide bonds. The van der Waals surface area contributed by atoms with Crippen LogP contribution in [0.3, 0.4) is 0 Å². The van der Waals surface area contributed by atoms with Crippen LogP contribution in [0, 0.1) is 0 Å². The molecule has 0 aromatic carbocycles. The van der Waals surface area contributed by atoms with E-state index in [1.165, 1.54) is 103 Å². The zero-order valence-electron chi connectivity index (χ0n) is 49.7. The van der Waals surface area contributed by atoms with E-state index in [1.54, 1.807) is 6.08 Å². The summed E-state index contributed by atoms with van der Waals surface area (Å²) in [5.74, 6) is -1.09. The highest BCUT2D eigenvalue weighted by Gasteiger charge is 2.19. The van der Waals surface area contributed by atoms with E-state index in [2.05, 4.69) is 154 Å². The lowest BCUT2D eigenvalue weighted by molar-refractivity contribution is -0.166. The van der Waals surface area contributed by atoms with Crippen molar-refractivity contribution in [3.8, 4) is 0 Å². The molecule has 0 saturated heterocycles. The largest absolute Gasteiger partial charge is 0.462 e. The maximum Gasteiger partial charge on any atom is 0.310 e. The third kappa shape index (κ3) is 62.0. The van der Waals surface area contributed by atoms with Crippen molar-refractivity contribution in [2.75, 3.05) is 13.2 Å². The van der Waals surface area contributed by atoms with Crippen molar-refractivity contribution in [3.63, 3.8) is 0 Å². The van der Waals surface area contributed by atoms with Crippen molar-refractivity contribution < 1.29 is 28.6 Å². The molecule has 77 heavy (non-hydrogen) atoms. The van der Waals surface area contributed by atoms with Crippen LogP contribution in [0.1, 0.15) is 265 Å². The van der Waals surface area contributed by atoms with Gasteiger partial charge in [-0.3, -0.25) is 14.4 Å². The number of rotatable bonds is 55. The molecule has 0 saturated carbocycles. The Bertz CT molecular complexity index is 1700. The Kier molecular flexibility index (Phi) is 59.9. The first-order valence-corrected chi connectivity index (χ1v) is 31.3. The van der Waals surface area contributed by atoms with E-state index in [4.69, 9.17) is 14.2 Å². The van der Waals surface area contributed by atoms with Gasteiger partial charge in [0, 0.05) is 12.8 Å². The molecule has 0 bridgehead atoms. The SMILES string of the molecule is CC/C=C\C/C=C\C/C=C\C/C=C\C/C=C\CC(=O)OC(COC(=O)CCCCC/C=C\C/C=C\C/C=C\CC)COC(=O)CCCCCCCCCCCCCCCCCCCC/C=C\C/C=C\C/C=C\C/C=C\CC. The number of unbranched alkanes of at least 4 members (excludes halogenated alkanes) is 21. The normalized spacial score (nSPS) is 13.1. The zero-order valence-corrected chi connectivity index (χ0v) is 49.7. The summed E-state index contributed by atoms with van der Waals surface area (Å²) in [4.78, 5) is 38.1. The monoisotopic (exact) mass is 1060 g/mol. The summed E-state index contributed by atoms with van der Waals surface area (Å²) in [6.07, 6.45) is 91.9. The maximum atomic E-state index is 12.8. The smallest absolute Gasteiger partial charge is 0.310 e. The molecule has 0 N–H and O–H groups in total. The van der Waals surface area contributed by atoms with Crippen LogP contribution < -0.4 is 0 Å². The summed E-state index contributed by atoms with van der Waals surface area (Å²) in [6.45, 7) is 6.19. The van der Waals surface area contributed by atoms with Crippen LogP contribution in [0.4, 0.5) is 0 Å². The van der Waals surface area contributed by atoms with Gasteiger partial charge >= 0.3 is 17.9 Å². The van der Waals surface area contributed by atoms with Gasteiger partial charge in [0.05, 0.1) is 6.42 Å². The summed E-state index contributed by atoms with van der Waals surface area (Å²) in [7, 11) is 0. The Morgan fingerprint density at radius 3 is 0.805 bits per heavy atom. The Morgan fingerprint density at radius 2 is 0.506 bits per heavy atom. The minimum Gasteiger partial charge on any atom is -0.462 e. The fourth-order valence-electron chi connectivity index (χ4n) is 8.29. The van der Waals surface area contributed by atoms with E-state index < -0.39 is 12.1 Å². The van der Waals surface area contributed by atoms with E-state index >= 15 is 0 Å². The number of hydrogen-bond donors (Lipinski definition) is 0. The lowest BCUT2D eigenvalue weighted by Crippen LogP contribution is -2.30. The number of carbonyl (C=O) groups is 3. The Balaban J connectivity index is 4.27. The van der Waals surface area contributed by atoms with Gasteiger partial charge in [-0.2, -0.15) is 0 Å². The molecule has 1 atom stereocenters. The van der Waals surface area contributed by atoms with Gasteiger partial charge in [-0.1, -0.05) is 276 Å². The van der Waals surface area contributed by atoms with Crippen molar-refractivity contribution in [2.45, 2.75) is 271 Å². The lowest BCUT2D eigenvalue weighted by atomic mass is 10.0. The highest BCUT2D eigenvalue weighted by Crippen LogP contribution is 2.16. The van der Waals surface area contributed by atoms with Crippen molar-refractivity contribution in [2.24, 2.45) is 0 Å². The van der Waals surface area contributed by atoms with Crippen LogP contribution in [-0.2, 0) is 28.6 Å². The molecule has 0 fully saturated rings. The number of allylic oxidation sites excluding steroid dienone is 23. The molecule has 0 radical (unpaired) electrons. The minimum absolute atomic E-state index is 0.0861. The van der Waals surface area contributed by atoms with Gasteiger partial charge < -0.3 is 14.2 Å². The second kappa shape index (κ2) is 63.8. The predicted molar refractivity (Wildman–Crippen MR) is 334 cm³/mol. The van der Waals surface area contributed by atoms with Crippen molar-refractivity contribution in [1.29, 1.82) is 0 Å². The molecule has 0 heterocycles. The highest BCUT2D eigenvalue weighted by molar-refractivity contribution is 5.72. The van der Waals surface area contributed by atoms with Gasteiger partial charge in [0.1, 0.15) is 13.2 Å². The Morgan fingerprint density at radius 1 is 0.273 bits per heavy atom. The van der Waals surface area contributed by atoms with E-state index in [0.717, 1.165) is 116 Å². The van der Waals surface area contributed by atoms with Crippen LogP contribution in [0.15, 0.2) is 146 Å². The topological polar surface area (TPSA) is 78.9 Å². The first-order valence-electron chi connectivity index (χ1n) is 31.3. The van der Waals surface area contributed by atoms with Gasteiger partial charge in [-0.05, 0) is 116 Å². The Hall–Kier alpha value is -4.71. The molecule has 1 unspecified atom stereocenters. The van der Waals surface area contributed by atoms with Gasteiger partial charge in [0.2, 0.25) is 0 Å². The fraction of sp³-hybridized carbons (Fsp3) is 0.620. The summed E-state index contributed by atoms with van der Waals surface area (Å²) in [5.41, 5.74) is 0. The average Bonchev–Trinajstić information content (AvgIpc) is 3.43. The number of carbonyl (C=O) groups excluding carboxylic acids is 3. The summed E-state index contributed by atoms with van der Waals surface area (Å²) >= 11 is 0. The molecular weight excluding hydrogens is 949 g/mol. The molecule has 0 aliphatic rings. The first kappa shape index (κ1) is 72.3. The number of hydrogen-bond acceptors (Lipinski definition) is 6. The van der Waals surface area contributed by atoms with Gasteiger partial charge in [-0.25, -0.2) is 0 Å². The molecule has 0 aromatic rings. The van der Waals surface area contributed by atoms with Crippen LogP contribution in [0.5, 0.6) is 0 Å². The molecule has 0 aromatic heterocycles. The zero-order chi connectivity index (χ0) is 55.7.